The van der Waals surface area contributed by atoms with E-state index in [2.05, 4.69) is 10.0 Å². The van der Waals surface area contributed by atoms with Crippen LogP contribution in [0.15, 0.2) is 35.2 Å². The van der Waals surface area contributed by atoms with Crippen LogP contribution in [0.4, 0.5) is 0 Å². The van der Waals surface area contributed by atoms with Crippen LogP contribution in [-0.4, -0.2) is 40.4 Å². The number of carbonyl (C=O) groups is 1. The fourth-order valence-electron chi connectivity index (χ4n) is 3.45. The maximum atomic E-state index is 12.1. The van der Waals surface area contributed by atoms with E-state index in [4.69, 9.17) is 5.73 Å². The number of nitrogens with one attached hydrogen (secondary N) is 2. The predicted molar refractivity (Wildman–Crippen MR) is 129 cm³/mol. The Morgan fingerprint density at radius 1 is 0.710 bits per heavy atom. The second-order valence-electron chi connectivity index (χ2n) is 8.18. The van der Waals surface area contributed by atoms with E-state index in [1.807, 2.05) is 0 Å². The molecule has 7 heteroatoms. The summed E-state index contributed by atoms with van der Waals surface area (Å²) in [5, 5.41) is 3.40. The molecule has 0 bridgehead atoms. The van der Waals surface area contributed by atoms with Gasteiger partial charge in [0.1, 0.15) is 5.78 Å². The summed E-state index contributed by atoms with van der Waals surface area (Å²) in [6, 6.07) is 8.40. The van der Waals surface area contributed by atoms with Crippen LogP contribution in [0.2, 0.25) is 0 Å². The largest absolute Gasteiger partial charge is 0.330 e. The maximum Gasteiger partial charge on any atom is 0.240 e. The van der Waals surface area contributed by atoms with Gasteiger partial charge in [-0.25, -0.2) is 13.1 Å². The minimum atomic E-state index is -3.42. The van der Waals surface area contributed by atoms with Gasteiger partial charge in [0.2, 0.25) is 10.0 Å². The van der Waals surface area contributed by atoms with Crippen molar-refractivity contribution in [2.24, 2.45) is 5.73 Å². The molecular weight excluding hydrogens is 410 g/mol. The Bertz CT molecular complexity index is 666. The standard InChI is InChI=1S/C24H43N3O3S/c25-19-14-21-26-20-12-5-3-1-2-4-8-15-23(28)16-9-7-13-22-27-31(29,30)24-17-10-6-11-18-24/h6,10-11,17-18,26-27H,1-5,7-9,12-16,19-22,25H2. The van der Waals surface area contributed by atoms with Crippen molar-refractivity contribution in [1.82, 2.24) is 10.0 Å². The van der Waals surface area contributed by atoms with Crippen molar-refractivity contribution in [2.75, 3.05) is 26.2 Å². The zero-order valence-electron chi connectivity index (χ0n) is 19.1. The first-order valence-corrected chi connectivity index (χ1v) is 13.5. The first-order chi connectivity index (χ1) is 15.1. The SMILES string of the molecule is NCCCNCCCCCCCCCC(=O)CCCCCNS(=O)(=O)c1ccccc1. The first-order valence-electron chi connectivity index (χ1n) is 12.0. The second kappa shape index (κ2) is 18.3. The predicted octanol–water partition coefficient (Wildman–Crippen LogP) is 4.15. The van der Waals surface area contributed by atoms with Gasteiger partial charge >= 0.3 is 0 Å². The third-order valence-corrected chi connectivity index (χ3v) is 6.82. The molecule has 0 heterocycles. The van der Waals surface area contributed by atoms with Crippen LogP contribution in [-0.2, 0) is 14.8 Å². The highest BCUT2D eigenvalue weighted by Gasteiger charge is 2.11. The van der Waals surface area contributed by atoms with Gasteiger partial charge in [-0.1, -0.05) is 56.7 Å². The summed E-state index contributed by atoms with van der Waals surface area (Å²) in [6.45, 7) is 3.29. The topological polar surface area (TPSA) is 101 Å². The third-order valence-electron chi connectivity index (χ3n) is 5.34. The summed E-state index contributed by atoms with van der Waals surface area (Å²) >= 11 is 0. The number of benzene rings is 1. The van der Waals surface area contributed by atoms with E-state index in [-0.39, 0.29) is 0 Å². The first kappa shape index (κ1) is 27.8. The third kappa shape index (κ3) is 15.2. The minimum absolute atomic E-state index is 0.292. The Kier molecular flexibility index (Phi) is 16.4. The lowest BCUT2D eigenvalue weighted by molar-refractivity contribution is -0.119. The molecule has 0 saturated heterocycles. The molecule has 0 saturated carbocycles. The van der Waals surface area contributed by atoms with Crippen molar-refractivity contribution >= 4 is 15.8 Å². The van der Waals surface area contributed by atoms with E-state index in [0.717, 1.165) is 58.2 Å². The molecule has 0 aliphatic rings. The van der Waals surface area contributed by atoms with Crippen LogP contribution < -0.4 is 15.8 Å². The van der Waals surface area contributed by atoms with Gasteiger partial charge < -0.3 is 11.1 Å². The molecule has 0 amide bonds. The van der Waals surface area contributed by atoms with Crippen molar-refractivity contribution in [3.8, 4) is 0 Å². The van der Waals surface area contributed by atoms with Crippen molar-refractivity contribution in [1.29, 1.82) is 0 Å². The lowest BCUT2D eigenvalue weighted by Gasteiger charge is -2.06. The lowest BCUT2D eigenvalue weighted by Crippen LogP contribution is -2.24. The lowest BCUT2D eigenvalue weighted by atomic mass is 10.0. The Morgan fingerprint density at radius 3 is 1.87 bits per heavy atom. The van der Waals surface area contributed by atoms with Gasteiger partial charge in [-0.05, 0) is 63.9 Å². The molecule has 1 rings (SSSR count). The molecule has 1 aromatic rings. The number of hydrogen-bond acceptors (Lipinski definition) is 5. The monoisotopic (exact) mass is 453 g/mol. The molecule has 31 heavy (non-hydrogen) atoms. The number of Topliss-reactive ketones (excluding diaryl/α,β-unsaturated/α-hetero) is 1. The number of unbranched alkanes of at least 4 members (excludes halogenated alkanes) is 8. The van der Waals surface area contributed by atoms with Gasteiger partial charge in [0.15, 0.2) is 0 Å². The zero-order valence-corrected chi connectivity index (χ0v) is 19.9. The Labute approximate surface area is 189 Å². The summed E-state index contributed by atoms with van der Waals surface area (Å²) < 4.78 is 26.8. The number of nitrogens with two attached hydrogens (primary N) is 1. The van der Waals surface area contributed by atoms with Gasteiger partial charge in [0.05, 0.1) is 4.90 Å². The molecule has 0 fully saturated rings. The molecule has 0 unspecified atom stereocenters. The molecule has 0 aliphatic heterocycles. The van der Waals surface area contributed by atoms with E-state index >= 15 is 0 Å². The fourth-order valence-corrected chi connectivity index (χ4v) is 4.54. The van der Waals surface area contributed by atoms with E-state index in [1.54, 1.807) is 30.3 Å². The number of rotatable bonds is 21. The molecule has 6 nitrogen and oxygen atoms in total. The van der Waals surface area contributed by atoms with Crippen molar-refractivity contribution in [3.63, 3.8) is 0 Å². The second-order valence-corrected chi connectivity index (χ2v) is 9.94. The maximum absolute atomic E-state index is 12.1. The number of hydrogen-bond donors (Lipinski definition) is 3. The fraction of sp³-hybridized carbons (Fsp3) is 0.708. The molecule has 0 aromatic heterocycles. The summed E-state index contributed by atoms with van der Waals surface area (Å²) in [6.07, 6.45) is 13.2. The average Bonchev–Trinajstić information content (AvgIpc) is 2.77. The van der Waals surface area contributed by atoms with Crippen molar-refractivity contribution in [2.45, 2.75) is 88.4 Å². The number of sulfonamides is 1. The highest BCUT2D eigenvalue weighted by atomic mass is 32.2. The smallest absolute Gasteiger partial charge is 0.240 e. The van der Waals surface area contributed by atoms with Gasteiger partial charge in [0.25, 0.3) is 0 Å². The van der Waals surface area contributed by atoms with Crippen LogP contribution in [0.1, 0.15) is 83.5 Å². The number of ketones is 1. The van der Waals surface area contributed by atoms with E-state index < -0.39 is 10.0 Å². The number of carbonyl (C=O) groups excluding carboxylic acids is 1. The van der Waals surface area contributed by atoms with Crippen LogP contribution in [0.3, 0.4) is 0 Å². The highest BCUT2D eigenvalue weighted by Crippen LogP contribution is 2.11. The van der Waals surface area contributed by atoms with E-state index in [0.29, 0.717) is 30.1 Å². The van der Waals surface area contributed by atoms with Crippen LogP contribution in [0, 0.1) is 0 Å². The quantitative estimate of drug-likeness (QED) is 0.243. The summed E-state index contributed by atoms with van der Waals surface area (Å²) in [5.41, 5.74) is 5.46. The van der Waals surface area contributed by atoms with Crippen LogP contribution in [0.25, 0.3) is 0 Å². The molecule has 0 radical (unpaired) electrons. The van der Waals surface area contributed by atoms with Gasteiger partial charge in [0, 0.05) is 19.4 Å². The highest BCUT2D eigenvalue weighted by molar-refractivity contribution is 7.89. The van der Waals surface area contributed by atoms with Crippen molar-refractivity contribution in [3.05, 3.63) is 30.3 Å². The zero-order chi connectivity index (χ0) is 22.6. The Balaban J connectivity index is 1.88. The normalized spacial score (nSPS) is 11.6. The summed E-state index contributed by atoms with van der Waals surface area (Å²) in [4.78, 5) is 12.3. The van der Waals surface area contributed by atoms with E-state index in [9.17, 15) is 13.2 Å². The molecule has 4 N–H and O–H groups in total. The summed E-state index contributed by atoms with van der Waals surface area (Å²) in [7, 11) is -3.42. The molecule has 0 aliphatic carbocycles. The molecule has 1 aromatic carbocycles. The molecule has 0 atom stereocenters. The molecular formula is C24H43N3O3S. The Hall–Kier alpha value is -1.28. The van der Waals surface area contributed by atoms with Gasteiger partial charge in [-0.3, -0.25) is 4.79 Å². The van der Waals surface area contributed by atoms with Crippen LogP contribution in [0.5, 0.6) is 0 Å². The van der Waals surface area contributed by atoms with Gasteiger partial charge in [-0.2, -0.15) is 0 Å². The minimum Gasteiger partial charge on any atom is -0.330 e. The van der Waals surface area contributed by atoms with Crippen LogP contribution >= 0.6 is 0 Å². The summed E-state index contributed by atoms with van der Waals surface area (Å²) in [5.74, 6) is 0.341. The van der Waals surface area contributed by atoms with Crippen molar-refractivity contribution < 1.29 is 13.2 Å². The Morgan fingerprint density at radius 2 is 1.23 bits per heavy atom. The molecule has 178 valence electrons. The van der Waals surface area contributed by atoms with E-state index in [1.165, 1.54) is 32.1 Å². The van der Waals surface area contributed by atoms with Gasteiger partial charge in [-0.15, -0.1) is 0 Å². The average molecular weight is 454 g/mol. The molecule has 0 spiro atoms.